The first-order valence-corrected chi connectivity index (χ1v) is 6.73. The van der Waals surface area contributed by atoms with Gasteiger partial charge in [0.25, 0.3) is 0 Å². The van der Waals surface area contributed by atoms with Gasteiger partial charge in [0.2, 0.25) is 0 Å². The van der Waals surface area contributed by atoms with Crippen LogP contribution in [0.1, 0.15) is 24.8 Å². The largest absolute Gasteiger partial charge is 0.493 e. The van der Waals surface area contributed by atoms with Crippen LogP contribution in [-0.2, 0) is 6.54 Å². The molecule has 18 heavy (non-hydrogen) atoms. The maximum atomic E-state index is 6.16. The summed E-state index contributed by atoms with van der Waals surface area (Å²) < 4.78 is 10.5. The Morgan fingerprint density at radius 1 is 1.28 bits per heavy atom. The second kappa shape index (κ2) is 6.30. The van der Waals surface area contributed by atoms with Crippen molar-refractivity contribution in [2.24, 2.45) is 5.92 Å². The van der Waals surface area contributed by atoms with Gasteiger partial charge in [-0.3, -0.25) is 0 Å². The van der Waals surface area contributed by atoms with Crippen LogP contribution in [0.4, 0.5) is 0 Å². The van der Waals surface area contributed by atoms with Gasteiger partial charge < -0.3 is 14.8 Å². The van der Waals surface area contributed by atoms with Gasteiger partial charge in [0, 0.05) is 6.54 Å². The van der Waals surface area contributed by atoms with Crippen LogP contribution in [0.5, 0.6) is 11.5 Å². The van der Waals surface area contributed by atoms with Gasteiger partial charge >= 0.3 is 0 Å². The van der Waals surface area contributed by atoms with Gasteiger partial charge in [-0.2, -0.15) is 0 Å². The second-order valence-electron chi connectivity index (χ2n) is 4.74. The average molecular weight is 270 g/mol. The predicted molar refractivity (Wildman–Crippen MR) is 73.6 cm³/mol. The highest BCUT2D eigenvalue weighted by Gasteiger charge is 2.16. The minimum absolute atomic E-state index is 0.595. The highest BCUT2D eigenvalue weighted by Crippen LogP contribution is 2.36. The summed E-state index contributed by atoms with van der Waals surface area (Å²) in [6, 6.07) is 3.90. The molecule has 0 spiro atoms. The van der Waals surface area contributed by atoms with E-state index in [4.69, 9.17) is 21.1 Å². The molecule has 1 aliphatic carbocycles. The highest BCUT2D eigenvalue weighted by atomic mass is 35.5. The van der Waals surface area contributed by atoms with Crippen molar-refractivity contribution in [1.82, 2.24) is 5.32 Å². The number of ether oxygens (including phenoxy) is 2. The smallest absolute Gasteiger partial charge is 0.179 e. The van der Waals surface area contributed by atoms with Crippen molar-refractivity contribution in [2.45, 2.75) is 25.8 Å². The van der Waals surface area contributed by atoms with E-state index in [-0.39, 0.29) is 0 Å². The molecular formula is C14H20ClNO2. The van der Waals surface area contributed by atoms with Gasteiger partial charge in [0.15, 0.2) is 11.5 Å². The van der Waals surface area contributed by atoms with Crippen molar-refractivity contribution in [3.05, 3.63) is 22.7 Å². The fraction of sp³-hybridized carbons (Fsp3) is 0.571. The van der Waals surface area contributed by atoms with Crippen molar-refractivity contribution in [1.29, 1.82) is 0 Å². The summed E-state index contributed by atoms with van der Waals surface area (Å²) in [6.45, 7) is 1.91. The number of halogens is 1. The summed E-state index contributed by atoms with van der Waals surface area (Å²) in [5, 5.41) is 4.06. The Balaban J connectivity index is 1.96. The van der Waals surface area contributed by atoms with E-state index in [0.29, 0.717) is 16.5 Å². The second-order valence-corrected chi connectivity index (χ2v) is 5.15. The summed E-state index contributed by atoms with van der Waals surface area (Å²) in [7, 11) is 3.22. The number of rotatable bonds is 6. The third-order valence-corrected chi connectivity index (χ3v) is 3.76. The van der Waals surface area contributed by atoms with E-state index in [1.54, 1.807) is 14.2 Å². The number of nitrogens with one attached hydrogen (secondary N) is 1. The lowest BCUT2D eigenvalue weighted by Crippen LogP contribution is -2.26. The van der Waals surface area contributed by atoms with Crippen molar-refractivity contribution in [3.63, 3.8) is 0 Å². The first-order chi connectivity index (χ1) is 8.74. The zero-order valence-corrected chi connectivity index (χ0v) is 11.7. The summed E-state index contributed by atoms with van der Waals surface area (Å²) >= 11 is 6.16. The van der Waals surface area contributed by atoms with E-state index in [0.717, 1.165) is 24.6 Å². The Morgan fingerprint density at radius 2 is 2.06 bits per heavy atom. The van der Waals surface area contributed by atoms with Gasteiger partial charge in [-0.05, 0) is 43.0 Å². The Labute approximate surface area is 113 Å². The van der Waals surface area contributed by atoms with Crippen LogP contribution in [0.15, 0.2) is 12.1 Å². The maximum absolute atomic E-state index is 6.16. The quantitative estimate of drug-likeness (QED) is 0.860. The number of methoxy groups -OCH3 is 2. The molecule has 1 N–H and O–H groups in total. The van der Waals surface area contributed by atoms with Crippen molar-refractivity contribution in [3.8, 4) is 11.5 Å². The van der Waals surface area contributed by atoms with Crippen LogP contribution < -0.4 is 14.8 Å². The molecule has 0 radical (unpaired) electrons. The molecule has 0 atom stereocenters. The SMILES string of the molecule is COc1cc(CNCC2CCC2)cc(Cl)c1OC. The zero-order valence-electron chi connectivity index (χ0n) is 11.0. The van der Waals surface area contributed by atoms with E-state index in [1.807, 2.05) is 12.1 Å². The van der Waals surface area contributed by atoms with Crippen LogP contribution in [0, 0.1) is 5.92 Å². The normalized spacial score (nSPS) is 15.3. The Bertz CT molecular complexity index is 405. The van der Waals surface area contributed by atoms with E-state index < -0.39 is 0 Å². The third kappa shape index (κ3) is 3.09. The Morgan fingerprint density at radius 3 is 2.61 bits per heavy atom. The molecule has 1 aromatic carbocycles. The molecule has 0 bridgehead atoms. The van der Waals surface area contributed by atoms with E-state index in [2.05, 4.69) is 5.32 Å². The van der Waals surface area contributed by atoms with Gasteiger partial charge in [-0.25, -0.2) is 0 Å². The van der Waals surface area contributed by atoms with E-state index in [9.17, 15) is 0 Å². The topological polar surface area (TPSA) is 30.5 Å². The van der Waals surface area contributed by atoms with Gasteiger partial charge in [0.1, 0.15) is 0 Å². The number of benzene rings is 1. The lowest BCUT2D eigenvalue weighted by atomic mass is 9.85. The number of hydrogen-bond acceptors (Lipinski definition) is 3. The third-order valence-electron chi connectivity index (χ3n) is 3.48. The van der Waals surface area contributed by atoms with Crippen molar-refractivity contribution in [2.75, 3.05) is 20.8 Å². The molecule has 0 heterocycles. The average Bonchev–Trinajstić information content (AvgIpc) is 2.31. The minimum atomic E-state index is 0.595. The Kier molecular flexibility index (Phi) is 4.72. The van der Waals surface area contributed by atoms with Gasteiger partial charge in [-0.1, -0.05) is 18.0 Å². The maximum Gasteiger partial charge on any atom is 0.179 e. The molecule has 100 valence electrons. The van der Waals surface area contributed by atoms with Gasteiger partial charge in [-0.15, -0.1) is 0 Å². The van der Waals surface area contributed by atoms with Crippen LogP contribution in [0.2, 0.25) is 5.02 Å². The Hall–Kier alpha value is -0.930. The van der Waals surface area contributed by atoms with Gasteiger partial charge in [0.05, 0.1) is 19.2 Å². The summed E-state index contributed by atoms with van der Waals surface area (Å²) in [5.74, 6) is 2.15. The highest BCUT2D eigenvalue weighted by molar-refractivity contribution is 6.32. The fourth-order valence-corrected chi connectivity index (χ4v) is 2.50. The van der Waals surface area contributed by atoms with Crippen molar-refractivity contribution >= 4 is 11.6 Å². The minimum Gasteiger partial charge on any atom is -0.493 e. The van der Waals surface area contributed by atoms with E-state index in [1.165, 1.54) is 19.3 Å². The molecule has 0 unspecified atom stereocenters. The first kappa shape index (κ1) is 13.5. The molecule has 4 heteroatoms. The number of hydrogen-bond donors (Lipinski definition) is 1. The van der Waals surface area contributed by atoms with Crippen LogP contribution in [0.25, 0.3) is 0 Å². The summed E-state index contributed by atoms with van der Waals surface area (Å²) in [5.41, 5.74) is 1.12. The lowest BCUT2D eigenvalue weighted by molar-refractivity contribution is 0.301. The molecule has 0 saturated heterocycles. The van der Waals surface area contributed by atoms with Crippen molar-refractivity contribution < 1.29 is 9.47 Å². The molecule has 0 aromatic heterocycles. The molecular weight excluding hydrogens is 250 g/mol. The first-order valence-electron chi connectivity index (χ1n) is 6.35. The van der Waals surface area contributed by atoms with Crippen LogP contribution in [-0.4, -0.2) is 20.8 Å². The van der Waals surface area contributed by atoms with E-state index >= 15 is 0 Å². The molecule has 1 aliphatic rings. The summed E-state index contributed by atoms with van der Waals surface area (Å²) in [6.07, 6.45) is 4.11. The summed E-state index contributed by atoms with van der Waals surface area (Å²) in [4.78, 5) is 0. The molecule has 1 fully saturated rings. The van der Waals surface area contributed by atoms with Crippen LogP contribution in [0.3, 0.4) is 0 Å². The standard InChI is InChI=1S/C14H20ClNO2/c1-17-13-7-11(6-12(15)14(13)18-2)9-16-8-10-4-3-5-10/h6-7,10,16H,3-5,8-9H2,1-2H3. The molecule has 0 amide bonds. The van der Waals surface area contributed by atoms with Crippen LogP contribution >= 0.6 is 11.6 Å². The molecule has 2 rings (SSSR count). The predicted octanol–water partition coefficient (Wildman–Crippen LogP) is 3.25. The fourth-order valence-electron chi connectivity index (χ4n) is 2.19. The molecule has 1 saturated carbocycles. The molecule has 3 nitrogen and oxygen atoms in total. The lowest BCUT2D eigenvalue weighted by Gasteiger charge is -2.25. The molecule has 0 aliphatic heterocycles. The zero-order chi connectivity index (χ0) is 13.0. The molecule has 1 aromatic rings. The monoisotopic (exact) mass is 269 g/mol.